The van der Waals surface area contributed by atoms with Crippen molar-refractivity contribution in [2.45, 2.75) is 25.7 Å². The van der Waals surface area contributed by atoms with Crippen LogP contribution in [0, 0.1) is 5.92 Å². The van der Waals surface area contributed by atoms with Crippen molar-refractivity contribution < 1.29 is 13.6 Å². The lowest BCUT2D eigenvalue weighted by Gasteiger charge is -2.10. The molecule has 0 atom stereocenters. The first-order valence-corrected chi connectivity index (χ1v) is 11.7. The van der Waals surface area contributed by atoms with Crippen LogP contribution in [0.25, 0.3) is 11.1 Å². The van der Waals surface area contributed by atoms with Gasteiger partial charge in [-0.2, -0.15) is 0 Å². The Hall–Kier alpha value is -2.86. The van der Waals surface area contributed by atoms with Crippen molar-refractivity contribution in [1.29, 1.82) is 0 Å². The quantitative estimate of drug-likeness (QED) is 0.230. The summed E-state index contributed by atoms with van der Waals surface area (Å²) in [5.74, 6) is 0.231. The Bertz CT molecular complexity index is 991. The third-order valence-corrected chi connectivity index (χ3v) is 6.55. The van der Waals surface area contributed by atoms with Gasteiger partial charge in [0.2, 0.25) is 0 Å². The Morgan fingerprint density at radius 1 is 1.09 bits per heavy atom. The molecule has 3 rings (SSSR count). The molecule has 0 spiro atoms. The molecule has 1 aliphatic rings. The maximum Gasteiger partial charge on any atom is 0.165 e. The van der Waals surface area contributed by atoms with Gasteiger partial charge in [-0.3, -0.25) is 4.79 Å². The molecule has 2 aromatic carbocycles. The molecule has 0 unspecified atom stereocenters. The van der Waals surface area contributed by atoms with Gasteiger partial charge >= 0.3 is 0 Å². The number of Topliss-reactive ketones (excluding diaryl/α,β-unsaturated/α-hetero) is 1. The van der Waals surface area contributed by atoms with E-state index in [1.54, 1.807) is 0 Å². The highest BCUT2D eigenvalue weighted by molar-refractivity contribution is 8.03. The summed E-state index contributed by atoms with van der Waals surface area (Å²) in [6, 6.07) is 15.6. The van der Waals surface area contributed by atoms with Crippen molar-refractivity contribution in [3.05, 3.63) is 89.3 Å². The first-order valence-electron chi connectivity index (χ1n) is 10.7. The van der Waals surface area contributed by atoms with E-state index in [1.165, 1.54) is 11.8 Å². The number of anilines is 1. The first kappa shape index (κ1) is 23.8. The van der Waals surface area contributed by atoms with Gasteiger partial charge in [0.25, 0.3) is 0 Å². The summed E-state index contributed by atoms with van der Waals surface area (Å²) in [7, 11) is 0. The lowest BCUT2D eigenvalue weighted by Crippen LogP contribution is -2.10. The monoisotopic (exact) mass is 454 g/mol. The molecular weight excluding hydrogens is 426 g/mol. The van der Waals surface area contributed by atoms with Gasteiger partial charge in [-0.1, -0.05) is 55.8 Å². The highest BCUT2D eigenvalue weighted by Crippen LogP contribution is 2.29. The van der Waals surface area contributed by atoms with Crippen LogP contribution in [0.3, 0.4) is 0 Å². The SMILES string of the molecule is C=C/C(F)=C\C(N)=C(/CF)SCNc1ccc(-c2ccc(C(=O)C3CCCC3)cc2)cc1. The normalized spacial score (nSPS) is 15.4. The molecule has 6 heteroatoms. The summed E-state index contributed by atoms with van der Waals surface area (Å²) >= 11 is 1.18. The lowest BCUT2D eigenvalue weighted by molar-refractivity contribution is 0.0923. The molecule has 0 amide bonds. The van der Waals surface area contributed by atoms with Crippen LogP contribution in [0.2, 0.25) is 0 Å². The summed E-state index contributed by atoms with van der Waals surface area (Å²) in [5, 5.41) is 3.19. The van der Waals surface area contributed by atoms with Crippen molar-refractivity contribution in [1.82, 2.24) is 0 Å². The third kappa shape index (κ3) is 6.33. The molecule has 0 aliphatic heterocycles. The number of alkyl halides is 1. The van der Waals surface area contributed by atoms with Crippen molar-refractivity contribution in [2.75, 3.05) is 17.9 Å². The van der Waals surface area contributed by atoms with Gasteiger partial charge in [0.15, 0.2) is 5.78 Å². The van der Waals surface area contributed by atoms with E-state index in [-0.39, 0.29) is 22.3 Å². The number of benzene rings is 2. The van der Waals surface area contributed by atoms with E-state index in [9.17, 15) is 13.6 Å². The van der Waals surface area contributed by atoms with Crippen LogP contribution in [0.1, 0.15) is 36.0 Å². The standard InChI is InChI=1S/C26H28F2N2OS/c1-2-22(28)15-24(29)25(16-27)32-17-30-23-13-11-19(12-14-23)18-7-9-21(10-8-18)26(31)20-5-3-4-6-20/h2,7-15,20,30H,1,3-6,16-17,29H2/b22-15+,25-24-. The van der Waals surface area contributed by atoms with Gasteiger partial charge in [-0.15, -0.1) is 11.8 Å². The maximum atomic E-state index is 13.2. The van der Waals surface area contributed by atoms with Gasteiger partial charge in [0.05, 0.1) is 5.88 Å². The fraction of sp³-hybridized carbons (Fsp3) is 0.269. The van der Waals surface area contributed by atoms with Crippen LogP contribution in [0.5, 0.6) is 0 Å². The minimum Gasteiger partial charge on any atom is -0.398 e. The second-order valence-electron chi connectivity index (χ2n) is 7.71. The Kier molecular flexibility index (Phi) is 8.68. The van der Waals surface area contributed by atoms with E-state index in [0.29, 0.717) is 5.88 Å². The van der Waals surface area contributed by atoms with Gasteiger partial charge in [-0.05, 0) is 48.3 Å². The minimum absolute atomic E-state index is 0.0573. The largest absolute Gasteiger partial charge is 0.398 e. The highest BCUT2D eigenvalue weighted by atomic mass is 32.2. The predicted molar refractivity (Wildman–Crippen MR) is 131 cm³/mol. The van der Waals surface area contributed by atoms with E-state index < -0.39 is 12.5 Å². The number of rotatable bonds is 10. The summed E-state index contributed by atoms with van der Waals surface area (Å²) in [4.78, 5) is 12.8. The van der Waals surface area contributed by atoms with Crippen LogP contribution in [0.4, 0.5) is 14.5 Å². The molecule has 1 saturated carbocycles. The molecule has 0 heterocycles. The zero-order chi connectivity index (χ0) is 22.9. The number of carbonyl (C=O) groups excluding carboxylic acids is 1. The smallest absolute Gasteiger partial charge is 0.165 e. The molecule has 3 nitrogen and oxygen atoms in total. The molecular formula is C26H28F2N2OS. The molecule has 0 radical (unpaired) electrons. The van der Waals surface area contributed by atoms with E-state index in [0.717, 1.165) is 60.2 Å². The number of hydrogen-bond acceptors (Lipinski definition) is 4. The van der Waals surface area contributed by atoms with E-state index in [2.05, 4.69) is 11.9 Å². The third-order valence-electron chi connectivity index (χ3n) is 5.57. The second-order valence-corrected chi connectivity index (χ2v) is 8.78. The Labute approximate surface area is 192 Å². The summed E-state index contributed by atoms with van der Waals surface area (Å²) in [6.45, 7) is 2.54. The molecule has 32 heavy (non-hydrogen) atoms. The van der Waals surface area contributed by atoms with Crippen LogP contribution >= 0.6 is 11.8 Å². The fourth-order valence-electron chi connectivity index (χ4n) is 3.72. The van der Waals surface area contributed by atoms with E-state index in [1.807, 2.05) is 48.5 Å². The van der Waals surface area contributed by atoms with Crippen molar-refractivity contribution in [3.8, 4) is 11.1 Å². The van der Waals surface area contributed by atoms with E-state index >= 15 is 0 Å². The molecule has 3 N–H and O–H groups in total. The number of nitrogens with two attached hydrogens (primary N) is 1. The summed E-state index contributed by atoms with van der Waals surface area (Å²) < 4.78 is 26.5. The van der Waals surface area contributed by atoms with Crippen molar-refractivity contribution >= 4 is 23.2 Å². The molecule has 168 valence electrons. The topological polar surface area (TPSA) is 55.1 Å². The van der Waals surface area contributed by atoms with E-state index in [4.69, 9.17) is 5.73 Å². The predicted octanol–water partition coefficient (Wildman–Crippen LogP) is 7.01. The second kappa shape index (κ2) is 11.7. The van der Waals surface area contributed by atoms with Gasteiger partial charge in [-0.25, -0.2) is 8.78 Å². The number of hydrogen-bond donors (Lipinski definition) is 2. The summed E-state index contributed by atoms with van der Waals surface area (Å²) in [6.07, 6.45) is 6.40. The lowest BCUT2D eigenvalue weighted by atomic mass is 9.94. The Balaban J connectivity index is 1.57. The minimum atomic E-state index is -0.767. The number of nitrogens with one attached hydrogen (secondary N) is 1. The average Bonchev–Trinajstić information content (AvgIpc) is 3.37. The number of allylic oxidation sites excluding steroid dienone is 4. The molecule has 2 aromatic rings. The molecule has 1 fully saturated rings. The van der Waals surface area contributed by atoms with Crippen molar-refractivity contribution in [3.63, 3.8) is 0 Å². The van der Waals surface area contributed by atoms with Crippen LogP contribution in [-0.4, -0.2) is 18.3 Å². The molecule has 0 saturated heterocycles. The first-order chi connectivity index (χ1) is 15.5. The number of thioether (sulfide) groups is 1. The maximum absolute atomic E-state index is 13.2. The van der Waals surface area contributed by atoms with Gasteiger partial charge in [0, 0.05) is 27.8 Å². The number of ketones is 1. The summed E-state index contributed by atoms with van der Waals surface area (Å²) in [5.41, 5.74) is 9.54. The van der Waals surface area contributed by atoms with Crippen LogP contribution < -0.4 is 11.1 Å². The van der Waals surface area contributed by atoms with Gasteiger partial charge in [0.1, 0.15) is 12.5 Å². The van der Waals surface area contributed by atoms with Crippen LogP contribution in [0.15, 0.2) is 83.7 Å². The highest BCUT2D eigenvalue weighted by Gasteiger charge is 2.23. The van der Waals surface area contributed by atoms with Gasteiger partial charge < -0.3 is 11.1 Å². The average molecular weight is 455 g/mol. The zero-order valence-corrected chi connectivity index (χ0v) is 18.8. The molecule has 0 aromatic heterocycles. The van der Waals surface area contributed by atoms with Crippen molar-refractivity contribution in [2.24, 2.45) is 11.7 Å². The molecule has 1 aliphatic carbocycles. The number of halogens is 2. The zero-order valence-electron chi connectivity index (χ0n) is 18.0. The Morgan fingerprint density at radius 3 is 2.25 bits per heavy atom. The van der Waals surface area contributed by atoms with Crippen LogP contribution in [-0.2, 0) is 0 Å². The number of carbonyl (C=O) groups is 1. The molecule has 0 bridgehead atoms. The Morgan fingerprint density at radius 2 is 1.69 bits per heavy atom. The fourth-order valence-corrected chi connectivity index (χ4v) is 4.44.